The number of fused-ring (bicyclic) bond motifs is 2. The van der Waals surface area contributed by atoms with Crippen molar-refractivity contribution in [3.05, 3.63) is 34.4 Å². The van der Waals surface area contributed by atoms with Crippen molar-refractivity contribution in [3.8, 4) is 0 Å². The summed E-state index contributed by atoms with van der Waals surface area (Å²) in [5, 5.41) is 13.7. The second-order valence-electron chi connectivity index (χ2n) is 7.19. The molecule has 1 aromatic rings. The number of alkyl halides is 2. The smallest absolute Gasteiger partial charge is 0.271 e. The summed E-state index contributed by atoms with van der Waals surface area (Å²) >= 11 is 12.6. The number of carbonyl (C=O) groups excluding carboxylic acids is 1. The molecule has 1 unspecified atom stereocenters. The van der Waals surface area contributed by atoms with Crippen LogP contribution in [-0.2, 0) is 4.79 Å². The number of nitro benzene ring substituents is 1. The van der Waals surface area contributed by atoms with Crippen LogP contribution in [0.25, 0.3) is 0 Å². The first-order valence-corrected chi connectivity index (χ1v) is 9.08. The highest BCUT2D eigenvalue weighted by molar-refractivity contribution is 6.51. The predicted octanol–water partition coefficient (Wildman–Crippen LogP) is 4.39. The van der Waals surface area contributed by atoms with E-state index in [1.807, 2.05) is 0 Å². The van der Waals surface area contributed by atoms with Crippen LogP contribution in [0.2, 0.25) is 0 Å². The first-order chi connectivity index (χ1) is 11.4. The number of benzene rings is 1. The van der Waals surface area contributed by atoms with Crippen molar-refractivity contribution in [2.75, 3.05) is 5.32 Å². The van der Waals surface area contributed by atoms with Crippen LogP contribution in [0, 0.1) is 39.7 Å². The van der Waals surface area contributed by atoms with Crippen LogP contribution in [0.4, 0.5) is 11.4 Å². The van der Waals surface area contributed by atoms with Gasteiger partial charge in [-0.05, 0) is 55.4 Å². The summed E-state index contributed by atoms with van der Waals surface area (Å²) in [4.78, 5) is 22.9. The fourth-order valence-corrected chi connectivity index (χ4v) is 5.45. The highest BCUT2D eigenvalue weighted by atomic mass is 35.5. The summed E-state index contributed by atoms with van der Waals surface area (Å²) in [6, 6.07) is 6.07. The topological polar surface area (TPSA) is 72.2 Å². The average molecular weight is 369 g/mol. The Morgan fingerprint density at radius 3 is 2.38 bits per heavy atom. The van der Waals surface area contributed by atoms with Crippen molar-refractivity contribution in [2.24, 2.45) is 29.6 Å². The average Bonchev–Trinajstić information content (AvgIpc) is 3.32. The second-order valence-corrected chi connectivity index (χ2v) is 8.64. The molecule has 4 rings (SSSR count). The maximum absolute atomic E-state index is 12.5. The Labute approximate surface area is 149 Å². The number of nitrogens with zero attached hydrogens (tertiary/aromatic N) is 1. The quantitative estimate of drug-likeness (QED) is 0.488. The minimum atomic E-state index is -0.544. The molecule has 1 N–H and O–H groups in total. The molecule has 0 aliphatic heterocycles. The Morgan fingerprint density at radius 2 is 1.79 bits per heavy atom. The summed E-state index contributed by atoms with van der Waals surface area (Å²) in [5.74, 6) is 1.54. The third-order valence-electron chi connectivity index (χ3n) is 5.95. The van der Waals surface area contributed by atoms with Crippen LogP contribution in [0.3, 0.4) is 0 Å². The highest BCUT2D eigenvalue weighted by Gasteiger charge is 2.65. The van der Waals surface area contributed by atoms with Gasteiger partial charge in [-0.3, -0.25) is 14.9 Å². The number of nitro groups is 1. The molecule has 0 radical (unpaired) electrons. The van der Waals surface area contributed by atoms with Crippen LogP contribution in [0.15, 0.2) is 24.3 Å². The number of nitrogens with one attached hydrogen (secondary N) is 1. The fraction of sp³-hybridized carbons (Fsp3) is 0.588. The number of amides is 1. The number of rotatable bonds is 3. The monoisotopic (exact) mass is 368 g/mol. The van der Waals surface area contributed by atoms with Crippen molar-refractivity contribution in [3.63, 3.8) is 0 Å². The van der Waals surface area contributed by atoms with Crippen molar-refractivity contribution in [1.82, 2.24) is 0 Å². The molecule has 1 aromatic carbocycles. The van der Waals surface area contributed by atoms with E-state index < -0.39 is 9.26 Å². The fourth-order valence-electron chi connectivity index (χ4n) is 4.54. The Balaban J connectivity index is 1.39. The summed E-state index contributed by atoms with van der Waals surface area (Å²) in [6.45, 7) is 0. The molecule has 0 spiro atoms. The Kier molecular flexibility index (Phi) is 3.77. The van der Waals surface area contributed by atoms with Crippen molar-refractivity contribution < 1.29 is 9.72 Å². The number of anilines is 1. The van der Waals surface area contributed by atoms with Crippen LogP contribution >= 0.6 is 23.2 Å². The van der Waals surface area contributed by atoms with Crippen molar-refractivity contribution in [2.45, 2.75) is 30.0 Å². The van der Waals surface area contributed by atoms with Crippen LogP contribution in [0.1, 0.15) is 25.7 Å². The Bertz CT molecular complexity index is 687. The number of hydrogen-bond acceptors (Lipinski definition) is 3. The molecule has 3 aliphatic carbocycles. The summed E-state index contributed by atoms with van der Waals surface area (Å²) < 4.78 is -0.544. The first-order valence-electron chi connectivity index (χ1n) is 8.32. The van der Waals surface area contributed by atoms with Crippen LogP contribution in [-0.4, -0.2) is 15.2 Å². The standard InChI is InChI=1S/C17H18Cl2N2O3/c18-17(19)13-6-4-11-12(5-7-14(13)17)15(11)16(22)20-9-2-1-3-10(8-9)21(23)24/h1-3,8,11-15H,4-7H2,(H,20,22)/t11-,12+,13-,14-,15?/m1/s1. The number of non-ortho nitro benzene ring substituents is 1. The molecule has 3 saturated carbocycles. The van der Waals surface area contributed by atoms with Gasteiger partial charge in [-0.15, -0.1) is 23.2 Å². The highest BCUT2D eigenvalue weighted by Crippen LogP contribution is 2.67. The van der Waals surface area contributed by atoms with Gasteiger partial charge in [0, 0.05) is 23.7 Å². The molecule has 0 aromatic heterocycles. The zero-order valence-corrected chi connectivity index (χ0v) is 14.5. The first kappa shape index (κ1) is 16.2. The molecular weight excluding hydrogens is 351 g/mol. The summed E-state index contributed by atoms with van der Waals surface area (Å²) in [6.07, 6.45) is 3.94. The third-order valence-corrected chi connectivity index (χ3v) is 7.07. The molecule has 5 atom stereocenters. The number of hydrogen-bond donors (Lipinski definition) is 1. The molecule has 5 nitrogen and oxygen atoms in total. The molecule has 0 saturated heterocycles. The van der Waals surface area contributed by atoms with E-state index in [0.29, 0.717) is 29.4 Å². The molecule has 3 aliphatic rings. The number of carbonyl (C=O) groups is 1. The van der Waals surface area contributed by atoms with E-state index in [2.05, 4.69) is 5.32 Å². The van der Waals surface area contributed by atoms with Gasteiger partial charge in [0.1, 0.15) is 4.33 Å². The van der Waals surface area contributed by atoms with Gasteiger partial charge in [0.05, 0.1) is 4.92 Å². The van der Waals surface area contributed by atoms with Gasteiger partial charge in [-0.1, -0.05) is 6.07 Å². The lowest BCUT2D eigenvalue weighted by atomic mass is 10.0. The van der Waals surface area contributed by atoms with Crippen LogP contribution < -0.4 is 5.32 Å². The zero-order valence-electron chi connectivity index (χ0n) is 13.0. The molecule has 128 valence electrons. The van der Waals surface area contributed by atoms with E-state index in [9.17, 15) is 14.9 Å². The van der Waals surface area contributed by atoms with Crippen molar-refractivity contribution >= 4 is 40.5 Å². The second kappa shape index (κ2) is 5.60. The van der Waals surface area contributed by atoms with Crippen molar-refractivity contribution in [1.29, 1.82) is 0 Å². The SMILES string of the molecule is O=C(Nc1cccc([N+](=O)[O-])c1)C1[C@H]2CC[C@@H]3[C@@H](CC[C@@H]12)C3(Cl)Cl. The molecule has 24 heavy (non-hydrogen) atoms. The molecule has 7 heteroatoms. The zero-order chi connectivity index (χ0) is 17.1. The molecule has 0 bridgehead atoms. The lowest BCUT2D eigenvalue weighted by Gasteiger charge is -2.05. The largest absolute Gasteiger partial charge is 0.326 e. The lowest BCUT2D eigenvalue weighted by Crippen LogP contribution is -2.15. The minimum absolute atomic E-state index is 0.0156. The van der Waals surface area contributed by atoms with Gasteiger partial charge < -0.3 is 5.32 Å². The van der Waals surface area contributed by atoms with E-state index in [1.165, 1.54) is 12.1 Å². The minimum Gasteiger partial charge on any atom is -0.326 e. The van der Waals surface area contributed by atoms with Gasteiger partial charge >= 0.3 is 0 Å². The normalized spacial score (nSPS) is 35.7. The van der Waals surface area contributed by atoms with Gasteiger partial charge in [-0.25, -0.2) is 0 Å². The predicted molar refractivity (Wildman–Crippen MR) is 92.1 cm³/mol. The molecule has 3 fully saturated rings. The summed E-state index contributed by atoms with van der Waals surface area (Å²) in [7, 11) is 0. The van der Waals surface area contributed by atoms with Gasteiger partial charge in [-0.2, -0.15) is 0 Å². The van der Waals surface area contributed by atoms with Gasteiger partial charge in [0.2, 0.25) is 5.91 Å². The van der Waals surface area contributed by atoms with Gasteiger partial charge in [0.25, 0.3) is 5.69 Å². The van der Waals surface area contributed by atoms with Crippen LogP contribution in [0.5, 0.6) is 0 Å². The maximum atomic E-state index is 12.5. The molecule has 1 amide bonds. The summed E-state index contributed by atoms with van der Waals surface area (Å²) in [5.41, 5.74) is 0.465. The van der Waals surface area contributed by atoms with E-state index in [1.54, 1.807) is 12.1 Å². The Morgan fingerprint density at radius 1 is 1.17 bits per heavy atom. The van der Waals surface area contributed by atoms with E-state index in [4.69, 9.17) is 23.2 Å². The van der Waals surface area contributed by atoms with E-state index in [0.717, 1.165) is 25.7 Å². The van der Waals surface area contributed by atoms with E-state index >= 15 is 0 Å². The van der Waals surface area contributed by atoms with Gasteiger partial charge in [0.15, 0.2) is 0 Å². The maximum Gasteiger partial charge on any atom is 0.271 e. The molecule has 0 heterocycles. The lowest BCUT2D eigenvalue weighted by molar-refractivity contribution is -0.384. The van der Waals surface area contributed by atoms with E-state index in [-0.39, 0.29) is 17.5 Å². The third kappa shape index (κ3) is 2.68. The number of halogens is 2. The molecular formula is C17H18Cl2N2O3. The Hall–Kier alpha value is -1.33.